The zero-order valence-electron chi connectivity index (χ0n) is 27.2. The molecule has 0 unspecified atom stereocenters. The Morgan fingerprint density at radius 2 is 0.860 bits per heavy atom. The van der Waals surface area contributed by atoms with Crippen molar-refractivity contribution in [3.8, 4) is 44.6 Å². The van der Waals surface area contributed by atoms with Gasteiger partial charge in [0, 0.05) is 22.5 Å². The fraction of sp³-hybridized carbons (Fsp3) is 0. The van der Waals surface area contributed by atoms with E-state index < -0.39 is 0 Å². The summed E-state index contributed by atoms with van der Waals surface area (Å²) in [7, 11) is 0. The fourth-order valence-corrected chi connectivity index (χ4v) is 7.76. The molecule has 10 rings (SSSR count). The molecule has 0 spiro atoms. The third kappa shape index (κ3) is 4.57. The first-order valence-corrected chi connectivity index (χ1v) is 17.1. The maximum Gasteiger partial charge on any atom is 0.0972 e. The minimum atomic E-state index is 0.928. The summed E-state index contributed by atoms with van der Waals surface area (Å²) in [6, 6.07) is 63.4. The van der Waals surface area contributed by atoms with Crippen molar-refractivity contribution < 1.29 is 0 Å². The van der Waals surface area contributed by atoms with Crippen molar-refractivity contribution in [2.75, 3.05) is 0 Å². The molecule has 2 heterocycles. The standard InChI is InChI=1S/C48H30N2/c1-2-15-38-31(10-1)11-8-20-39(38)32-21-23-33(24-22-32)45-40-16-3-5-18-42(40)46(43-19-6-4-17-41(43)45)37-13-7-12-36(30-37)44-28-27-35-26-25-34-14-9-29-49-47(34)48(35)50-44/h1-30H. The molecular formula is C48H30N2. The first-order chi connectivity index (χ1) is 24.8. The van der Waals surface area contributed by atoms with Crippen LogP contribution in [0.4, 0.5) is 0 Å². The molecule has 0 aliphatic rings. The van der Waals surface area contributed by atoms with Gasteiger partial charge in [-0.1, -0.05) is 158 Å². The summed E-state index contributed by atoms with van der Waals surface area (Å²) in [6.45, 7) is 0. The highest BCUT2D eigenvalue weighted by molar-refractivity contribution is 6.21. The van der Waals surface area contributed by atoms with Gasteiger partial charge in [-0.25, -0.2) is 4.98 Å². The minimum Gasteiger partial charge on any atom is -0.254 e. The van der Waals surface area contributed by atoms with Crippen LogP contribution in [-0.4, -0.2) is 9.97 Å². The van der Waals surface area contributed by atoms with Gasteiger partial charge in [0.05, 0.1) is 16.7 Å². The number of hydrogen-bond acceptors (Lipinski definition) is 2. The van der Waals surface area contributed by atoms with Crippen molar-refractivity contribution in [1.29, 1.82) is 0 Å². The Labute approximate surface area is 290 Å². The molecule has 0 saturated heterocycles. The van der Waals surface area contributed by atoms with Crippen LogP contribution in [0.2, 0.25) is 0 Å². The summed E-state index contributed by atoms with van der Waals surface area (Å²) >= 11 is 0. The Bertz CT molecular complexity index is 2860. The van der Waals surface area contributed by atoms with Crippen LogP contribution >= 0.6 is 0 Å². The van der Waals surface area contributed by atoms with Gasteiger partial charge in [-0.15, -0.1) is 0 Å². The average molecular weight is 635 g/mol. The van der Waals surface area contributed by atoms with E-state index in [1.807, 2.05) is 12.3 Å². The van der Waals surface area contributed by atoms with Crippen LogP contribution in [0, 0.1) is 0 Å². The van der Waals surface area contributed by atoms with Crippen LogP contribution in [0.3, 0.4) is 0 Å². The van der Waals surface area contributed by atoms with Crippen LogP contribution in [0.5, 0.6) is 0 Å². The van der Waals surface area contributed by atoms with Gasteiger partial charge in [0.1, 0.15) is 0 Å². The molecule has 0 saturated carbocycles. The molecule has 0 radical (unpaired) electrons. The van der Waals surface area contributed by atoms with Gasteiger partial charge in [0.2, 0.25) is 0 Å². The number of rotatable bonds is 4. The molecule has 232 valence electrons. The number of hydrogen-bond donors (Lipinski definition) is 0. The molecule has 0 bridgehead atoms. The molecule has 0 fully saturated rings. The summed E-state index contributed by atoms with van der Waals surface area (Å²) in [6.07, 6.45) is 1.84. The van der Waals surface area contributed by atoms with Crippen molar-refractivity contribution in [3.05, 3.63) is 182 Å². The highest BCUT2D eigenvalue weighted by atomic mass is 14.7. The number of nitrogens with zero attached hydrogens (tertiary/aromatic N) is 2. The summed E-state index contributed by atoms with van der Waals surface area (Å²) in [4.78, 5) is 9.85. The van der Waals surface area contributed by atoms with Gasteiger partial charge in [0.25, 0.3) is 0 Å². The molecule has 0 N–H and O–H groups in total. The van der Waals surface area contributed by atoms with Gasteiger partial charge >= 0.3 is 0 Å². The Morgan fingerprint density at radius 3 is 1.60 bits per heavy atom. The van der Waals surface area contributed by atoms with E-state index in [0.29, 0.717) is 0 Å². The second-order valence-electron chi connectivity index (χ2n) is 12.9. The van der Waals surface area contributed by atoms with Crippen molar-refractivity contribution in [3.63, 3.8) is 0 Å². The van der Waals surface area contributed by atoms with Gasteiger partial charge < -0.3 is 0 Å². The molecule has 2 heteroatoms. The van der Waals surface area contributed by atoms with Crippen molar-refractivity contribution >= 4 is 54.1 Å². The van der Waals surface area contributed by atoms with Crippen molar-refractivity contribution in [2.45, 2.75) is 0 Å². The van der Waals surface area contributed by atoms with E-state index in [1.54, 1.807) is 0 Å². The maximum absolute atomic E-state index is 5.17. The minimum absolute atomic E-state index is 0.928. The maximum atomic E-state index is 5.17. The molecule has 0 aliphatic carbocycles. The second kappa shape index (κ2) is 11.5. The zero-order chi connectivity index (χ0) is 33.0. The molecule has 8 aromatic carbocycles. The van der Waals surface area contributed by atoms with E-state index in [1.165, 1.54) is 65.7 Å². The van der Waals surface area contributed by atoms with Crippen LogP contribution in [0.15, 0.2) is 182 Å². The average Bonchev–Trinajstić information content (AvgIpc) is 3.19. The third-order valence-electron chi connectivity index (χ3n) is 10.1. The van der Waals surface area contributed by atoms with E-state index in [2.05, 4.69) is 175 Å². The van der Waals surface area contributed by atoms with E-state index >= 15 is 0 Å². The van der Waals surface area contributed by atoms with E-state index in [9.17, 15) is 0 Å². The third-order valence-corrected chi connectivity index (χ3v) is 10.1. The Morgan fingerprint density at radius 1 is 0.320 bits per heavy atom. The molecule has 0 aliphatic heterocycles. The number of benzene rings is 8. The van der Waals surface area contributed by atoms with Crippen LogP contribution in [0.1, 0.15) is 0 Å². The fourth-order valence-electron chi connectivity index (χ4n) is 7.76. The topological polar surface area (TPSA) is 25.8 Å². The quantitative estimate of drug-likeness (QED) is 0.142. The van der Waals surface area contributed by atoms with E-state index in [4.69, 9.17) is 4.98 Å². The lowest BCUT2D eigenvalue weighted by atomic mass is 9.85. The van der Waals surface area contributed by atoms with Crippen molar-refractivity contribution in [1.82, 2.24) is 9.97 Å². The first kappa shape index (κ1) is 28.4. The van der Waals surface area contributed by atoms with Crippen LogP contribution in [0.25, 0.3) is 98.8 Å². The van der Waals surface area contributed by atoms with Gasteiger partial charge in [0.15, 0.2) is 0 Å². The highest BCUT2D eigenvalue weighted by Gasteiger charge is 2.17. The van der Waals surface area contributed by atoms with Crippen molar-refractivity contribution in [2.24, 2.45) is 0 Å². The van der Waals surface area contributed by atoms with E-state index in [-0.39, 0.29) is 0 Å². The monoisotopic (exact) mass is 634 g/mol. The largest absolute Gasteiger partial charge is 0.254 e. The van der Waals surface area contributed by atoms with Gasteiger partial charge in [-0.3, -0.25) is 4.98 Å². The Balaban J connectivity index is 1.14. The Kier molecular flexibility index (Phi) is 6.53. The zero-order valence-corrected chi connectivity index (χ0v) is 27.2. The lowest BCUT2D eigenvalue weighted by Gasteiger charge is -2.18. The molecular weight excluding hydrogens is 605 g/mol. The van der Waals surface area contributed by atoms with Crippen LogP contribution in [-0.2, 0) is 0 Å². The normalized spacial score (nSPS) is 11.6. The molecule has 50 heavy (non-hydrogen) atoms. The highest BCUT2D eigenvalue weighted by Crippen LogP contribution is 2.44. The summed E-state index contributed by atoms with van der Waals surface area (Å²) < 4.78 is 0. The summed E-state index contributed by atoms with van der Waals surface area (Å²) in [5.41, 5.74) is 11.2. The van der Waals surface area contributed by atoms with E-state index in [0.717, 1.165) is 33.1 Å². The Hall–Kier alpha value is -6.64. The number of fused-ring (bicyclic) bond motifs is 6. The predicted octanol–water partition coefficient (Wildman–Crippen LogP) is 12.9. The molecule has 0 amide bonds. The lowest BCUT2D eigenvalue weighted by Crippen LogP contribution is -1.92. The first-order valence-electron chi connectivity index (χ1n) is 17.1. The number of pyridine rings is 2. The van der Waals surface area contributed by atoms with Crippen LogP contribution < -0.4 is 0 Å². The smallest absolute Gasteiger partial charge is 0.0972 e. The molecule has 0 atom stereocenters. The lowest BCUT2D eigenvalue weighted by molar-refractivity contribution is 1.37. The molecule has 2 nitrogen and oxygen atoms in total. The van der Waals surface area contributed by atoms with Gasteiger partial charge in [-0.2, -0.15) is 0 Å². The SMILES string of the molecule is c1cc(-c2ccc3ccc4cccnc4c3n2)cc(-c2c3ccccc3c(-c3ccc(-c4cccc5ccccc45)cc3)c3ccccc23)c1. The molecule has 10 aromatic rings. The second-order valence-corrected chi connectivity index (χ2v) is 12.9. The number of aromatic nitrogens is 2. The predicted molar refractivity (Wildman–Crippen MR) is 211 cm³/mol. The van der Waals surface area contributed by atoms with Gasteiger partial charge in [-0.05, 0) is 83.9 Å². The summed E-state index contributed by atoms with van der Waals surface area (Å²) in [5.74, 6) is 0. The molecule has 2 aromatic heterocycles. The summed E-state index contributed by atoms with van der Waals surface area (Å²) in [5, 5.41) is 9.67.